The van der Waals surface area contributed by atoms with Crippen molar-refractivity contribution in [3.63, 3.8) is 0 Å². The number of carboxylic acid groups (broad SMARTS) is 1. The second-order valence-corrected chi connectivity index (χ2v) is 6.63. The van der Waals surface area contributed by atoms with Crippen LogP contribution < -0.4 is 0 Å². The van der Waals surface area contributed by atoms with Crippen LogP contribution in [-0.2, 0) is 9.59 Å². The van der Waals surface area contributed by atoms with Gasteiger partial charge in [0.25, 0.3) is 0 Å². The molecule has 120 valence electrons. The first kappa shape index (κ1) is 16.3. The molecule has 1 heterocycles. The number of hydrogen-bond donors (Lipinski definition) is 1. The molecule has 0 radical (unpaired) electrons. The lowest BCUT2D eigenvalue weighted by atomic mass is 9.93. The van der Waals surface area contributed by atoms with Crippen LogP contribution in [0.15, 0.2) is 0 Å². The van der Waals surface area contributed by atoms with Gasteiger partial charge in [0, 0.05) is 25.6 Å². The summed E-state index contributed by atoms with van der Waals surface area (Å²) in [5.41, 5.74) is 0. The third-order valence-electron chi connectivity index (χ3n) is 4.97. The molecule has 5 nitrogen and oxygen atoms in total. The van der Waals surface area contributed by atoms with Gasteiger partial charge in [0.15, 0.2) is 0 Å². The molecule has 1 aliphatic heterocycles. The van der Waals surface area contributed by atoms with Crippen LogP contribution in [0.25, 0.3) is 0 Å². The molecule has 2 fully saturated rings. The predicted molar refractivity (Wildman–Crippen MR) is 81.1 cm³/mol. The highest BCUT2D eigenvalue weighted by Gasteiger charge is 2.27. The number of carboxylic acids is 1. The summed E-state index contributed by atoms with van der Waals surface area (Å²) < 4.78 is 0. The van der Waals surface area contributed by atoms with Crippen LogP contribution in [-0.4, -0.2) is 59.5 Å². The minimum Gasteiger partial charge on any atom is -0.481 e. The zero-order valence-corrected chi connectivity index (χ0v) is 13.1. The van der Waals surface area contributed by atoms with E-state index in [4.69, 9.17) is 5.11 Å². The molecule has 0 aromatic heterocycles. The van der Waals surface area contributed by atoms with E-state index in [1.54, 1.807) is 0 Å². The molecule has 1 saturated heterocycles. The first-order valence-corrected chi connectivity index (χ1v) is 8.26. The summed E-state index contributed by atoms with van der Waals surface area (Å²) in [6.07, 6.45) is 7.95. The fourth-order valence-electron chi connectivity index (χ4n) is 3.64. The number of nitrogens with zero attached hydrogens (tertiary/aromatic N) is 2. The lowest BCUT2D eigenvalue weighted by molar-refractivity contribution is -0.137. The maximum absolute atomic E-state index is 12.4. The number of likely N-dealkylation sites (tertiary alicyclic amines) is 1. The van der Waals surface area contributed by atoms with E-state index < -0.39 is 5.97 Å². The summed E-state index contributed by atoms with van der Waals surface area (Å²) in [5, 5.41) is 8.77. The molecule has 21 heavy (non-hydrogen) atoms. The van der Waals surface area contributed by atoms with Crippen molar-refractivity contribution in [1.82, 2.24) is 9.80 Å². The highest BCUT2D eigenvalue weighted by molar-refractivity contribution is 5.78. The maximum Gasteiger partial charge on any atom is 0.303 e. The second-order valence-electron chi connectivity index (χ2n) is 6.63. The van der Waals surface area contributed by atoms with Crippen molar-refractivity contribution in [2.75, 3.05) is 26.7 Å². The molecule has 2 aliphatic rings. The molecule has 1 aliphatic carbocycles. The van der Waals surface area contributed by atoms with Crippen LogP contribution in [0.5, 0.6) is 0 Å². The predicted octanol–water partition coefficient (Wildman–Crippen LogP) is 1.96. The minimum atomic E-state index is -0.737. The summed E-state index contributed by atoms with van der Waals surface area (Å²) >= 11 is 0. The van der Waals surface area contributed by atoms with Crippen LogP contribution in [0.1, 0.15) is 51.4 Å². The van der Waals surface area contributed by atoms with Crippen molar-refractivity contribution < 1.29 is 14.7 Å². The van der Waals surface area contributed by atoms with Crippen molar-refractivity contribution in [1.29, 1.82) is 0 Å². The van der Waals surface area contributed by atoms with Gasteiger partial charge in [0.05, 0.1) is 6.54 Å². The number of hydrogen-bond acceptors (Lipinski definition) is 3. The van der Waals surface area contributed by atoms with Crippen LogP contribution in [0.3, 0.4) is 0 Å². The minimum absolute atomic E-state index is 0.212. The molecule has 0 aromatic rings. The third-order valence-corrected chi connectivity index (χ3v) is 4.97. The van der Waals surface area contributed by atoms with E-state index in [-0.39, 0.29) is 12.3 Å². The Morgan fingerprint density at radius 3 is 2.57 bits per heavy atom. The number of carbonyl (C=O) groups is 2. The van der Waals surface area contributed by atoms with Crippen molar-refractivity contribution in [2.45, 2.75) is 57.4 Å². The Morgan fingerprint density at radius 1 is 1.19 bits per heavy atom. The van der Waals surface area contributed by atoms with Gasteiger partial charge in [-0.2, -0.15) is 0 Å². The topological polar surface area (TPSA) is 60.9 Å². The third kappa shape index (κ3) is 4.99. The quantitative estimate of drug-likeness (QED) is 0.814. The average molecular weight is 296 g/mol. The molecular formula is C16H28N2O3. The van der Waals surface area contributed by atoms with E-state index in [0.29, 0.717) is 24.9 Å². The Morgan fingerprint density at radius 2 is 1.90 bits per heavy atom. The van der Waals surface area contributed by atoms with E-state index in [0.717, 1.165) is 25.9 Å². The van der Waals surface area contributed by atoms with Crippen molar-refractivity contribution in [3.05, 3.63) is 0 Å². The Labute approximate surface area is 127 Å². The largest absolute Gasteiger partial charge is 0.481 e. The number of likely N-dealkylation sites (N-methyl/N-ethyl adjacent to an activating group) is 1. The van der Waals surface area contributed by atoms with E-state index >= 15 is 0 Å². The maximum atomic E-state index is 12.4. The molecule has 1 N–H and O–H groups in total. The number of piperidine rings is 1. The zero-order chi connectivity index (χ0) is 15.2. The van der Waals surface area contributed by atoms with Gasteiger partial charge in [-0.05, 0) is 45.1 Å². The Kier molecular flexibility index (Phi) is 6.03. The smallest absolute Gasteiger partial charge is 0.303 e. The monoisotopic (exact) mass is 296 g/mol. The molecule has 0 spiro atoms. The molecule has 5 heteroatoms. The van der Waals surface area contributed by atoms with Crippen LogP contribution >= 0.6 is 0 Å². The summed E-state index contributed by atoms with van der Waals surface area (Å²) in [6, 6.07) is 0.571. The molecule has 1 amide bonds. The van der Waals surface area contributed by atoms with Gasteiger partial charge >= 0.3 is 5.97 Å². The van der Waals surface area contributed by atoms with Gasteiger partial charge in [-0.1, -0.05) is 12.8 Å². The highest BCUT2D eigenvalue weighted by Crippen LogP contribution is 2.24. The van der Waals surface area contributed by atoms with Crippen LogP contribution in [0, 0.1) is 5.92 Å². The first-order valence-electron chi connectivity index (χ1n) is 8.26. The van der Waals surface area contributed by atoms with Gasteiger partial charge in [0.2, 0.25) is 5.91 Å². The van der Waals surface area contributed by atoms with Crippen molar-refractivity contribution in [2.24, 2.45) is 5.92 Å². The molecular weight excluding hydrogens is 268 g/mol. The lowest BCUT2D eigenvalue weighted by Crippen LogP contribution is -2.46. The molecule has 0 bridgehead atoms. The Bertz CT molecular complexity index is 367. The normalized spacial score (nSPS) is 23.7. The lowest BCUT2D eigenvalue weighted by Gasteiger charge is -2.34. The SMILES string of the molecule is CN(CC(=O)N1CCCC(CCC(=O)O)C1)C1CCCC1. The summed E-state index contributed by atoms with van der Waals surface area (Å²) in [4.78, 5) is 27.2. The number of carbonyl (C=O) groups excluding carboxylic acids is 1. The van der Waals surface area contributed by atoms with Gasteiger partial charge in [-0.15, -0.1) is 0 Å². The first-order chi connectivity index (χ1) is 10.1. The van der Waals surface area contributed by atoms with Gasteiger partial charge < -0.3 is 10.0 Å². The van der Waals surface area contributed by atoms with E-state index in [1.807, 2.05) is 4.90 Å². The standard InChI is InChI=1S/C16H28N2O3/c1-17(14-6-2-3-7-14)12-15(19)18-10-4-5-13(11-18)8-9-16(20)21/h13-14H,2-12H2,1H3,(H,20,21). The second kappa shape index (κ2) is 7.78. The fourth-order valence-corrected chi connectivity index (χ4v) is 3.64. The molecule has 0 aromatic carbocycles. The molecule has 1 saturated carbocycles. The molecule has 2 rings (SSSR count). The van der Waals surface area contributed by atoms with Crippen LogP contribution in [0.4, 0.5) is 0 Å². The molecule has 1 unspecified atom stereocenters. The Hall–Kier alpha value is -1.10. The van der Waals surface area contributed by atoms with Gasteiger partial charge in [-0.25, -0.2) is 0 Å². The van der Waals surface area contributed by atoms with Gasteiger partial charge in [0.1, 0.15) is 0 Å². The fraction of sp³-hybridized carbons (Fsp3) is 0.875. The zero-order valence-electron chi connectivity index (χ0n) is 13.1. The summed E-state index contributed by atoms with van der Waals surface area (Å²) in [7, 11) is 2.06. The summed E-state index contributed by atoms with van der Waals surface area (Å²) in [6.45, 7) is 2.09. The van der Waals surface area contributed by atoms with E-state index in [1.165, 1.54) is 25.7 Å². The van der Waals surface area contributed by atoms with E-state index in [2.05, 4.69) is 11.9 Å². The van der Waals surface area contributed by atoms with Gasteiger partial charge in [-0.3, -0.25) is 14.5 Å². The number of aliphatic carboxylic acids is 1. The van der Waals surface area contributed by atoms with Crippen molar-refractivity contribution >= 4 is 11.9 Å². The van der Waals surface area contributed by atoms with Crippen molar-refractivity contribution in [3.8, 4) is 0 Å². The average Bonchev–Trinajstić information content (AvgIpc) is 2.99. The number of rotatable bonds is 6. The van der Waals surface area contributed by atoms with Crippen LogP contribution in [0.2, 0.25) is 0 Å². The Balaban J connectivity index is 1.76. The summed E-state index contributed by atoms with van der Waals surface area (Å²) in [5.74, 6) is -0.167. The van der Waals surface area contributed by atoms with E-state index in [9.17, 15) is 9.59 Å². The highest BCUT2D eigenvalue weighted by atomic mass is 16.4. The number of amides is 1. The molecule has 1 atom stereocenters.